The number of carbonyl (C=O) groups is 3. The van der Waals surface area contributed by atoms with Crippen molar-refractivity contribution in [2.24, 2.45) is 0 Å². The summed E-state index contributed by atoms with van der Waals surface area (Å²) in [6.45, 7) is 5.40. The van der Waals surface area contributed by atoms with Crippen LogP contribution < -0.4 is 10.2 Å². The highest BCUT2D eigenvalue weighted by Gasteiger charge is 2.34. The highest BCUT2D eigenvalue weighted by Crippen LogP contribution is 2.39. The summed E-state index contributed by atoms with van der Waals surface area (Å²) in [7, 11) is 0. The molecule has 2 N–H and O–H groups in total. The minimum absolute atomic E-state index is 0.0387. The van der Waals surface area contributed by atoms with Crippen molar-refractivity contribution in [2.45, 2.75) is 43.9 Å². The summed E-state index contributed by atoms with van der Waals surface area (Å²) in [6.07, 6.45) is -0.693. The molecule has 2 amide bonds. The van der Waals surface area contributed by atoms with E-state index in [1.54, 1.807) is 51.1 Å². The molecule has 0 spiro atoms. The van der Waals surface area contributed by atoms with Gasteiger partial charge >= 0.3 is 12.1 Å². The number of carboxylic acids is 1. The molecule has 0 aliphatic carbocycles. The summed E-state index contributed by atoms with van der Waals surface area (Å²) in [5.41, 5.74) is 0.593. The maximum atomic E-state index is 13.5. The minimum atomic E-state index is -1.11. The molecule has 1 atom stereocenters. The van der Waals surface area contributed by atoms with Crippen LogP contribution in [0.2, 0.25) is 5.02 Å². The van der Waals surface area contributed by atoms with E-state index >= 15 is 0 Å². The molecule has 7 nitrogen and oxygen atoms in total. The Hall–Kier alpha value is -2.23. The first-order valence-electron chi connectivity index (χ1n) is 9.69. The smallest absolute Gasteiger partial charge is 0.408 e. The molecule has 1 aliphatic heterocycles. The van der Waals surface area contributed by atoms with Crippen LogP contribution in [0.1, 0.15) is 36.7 Å². The zero-order chi connectivity index (χ0) is 23.6. The van der Waals surface area contributed by atoms with E-state index in [0.717, 1.165) is 10.5 Å². The van der Waals surface area contributed by atoms with E-state index in [1.807, 2.05) is 0 Å². The molecule has 0 saturated heterocycles. The van der Waals surface area contributed by atoms with E-state index in [0.29, 0.717) is 15.2 Å². The zero-order valence-electron chi connectivity index (χ0n) is 17.6. The van der Waals surface area contributed by atoms with Gasteiger partial charge < -0.3 is 20.1 Å². The molecular weight excluding hydrogens is 520 g/mol. The van der Waals surface area contributed by atoms with Gasteiger partial charge in [-0.1, -0.05) is 23.7 Å². The Morgan fingerprint density at radius 2 is 1.94 bits per heavy atom. The van der Waals surface area contributed by atoms with Crippen LogP contribution in [0.5, 0.6) is 0 Å². The van der Waals surface area contributed by atoms with Crippen molar-refractivity contribution in [1.29, 1.82) is 0 Å². The van der Waals surface area contributed by atoms with Crippen LogP contribution in [0.25, 0.3) is 0 Å². The average molecular weight is 542 g/mol. The summed E-state index contributed by atoms with van der Waals surface area (Å²) in [5.74, 6) is -1.21. The molecule has 0 radical (unpaired) electrons. The van der Waals surface area contributed by atoms with Crippen molar-refractivity contribution in [3.05, 3.63) is 57.0 Å². The quantitative estimate of drug-likeness (QED) is 0.543. The molecule has 2 aromatic rings. The molecular formula is C22H22BrClN2O5S. The summed E-state index contributed by atoms with van der Waals surface area (Å²) in [4.78, 5) is 39.7. The molecule has 10 heteroatoms. The number of amides is 2. The molecule has 0 saturated carbocycles. The van der Waals surface area contributed by atoms with Gasteiger partial charge in [0, 0.05) is 20.1 Å². The summed E-state index contributed by atoms with van der Waals surface area (Å²) < 4.78 is 5.72. The van der Waals surface area contributed by atoms with Crippen molar-refractivity contribution >= 4 is 62.9 Å². The predicted octanol–water partition coefficient (Wildman–Crippen LogP) is 5.33. The number of anilines is 1. The van der Waals surface area contributed by atoms with Crippen molar-refractivity contribution < 1.29 is 24.2 Å². The Bertz CT molecular complexity index is 1060. The Labute approximate surface area is 203 Å². The molecule has 170 valence electrons. The van der Waals surface area contributed by atoms with Crippen molar-refractivity contribution in [3.8, 4) is 0 Å². The lowest BCUT2D eigenvalue weighted by Crippen LogP contribution is -2.50. The van der Waals surface area contributed by atoms with Gasteiger partial charge in [0.2, 0.25) is 0 Å². The number of carboxylic acid groups (broad SMARTS) is 1. The van der Waals surface area contributed by atoms with Gasteiger partial charge in [-0.25, -0.2) is 9.59 Å². The second-order valence-corrected chi connectivity index (χ2v) is 10.5. The molecule has 0 fully saturated rings. The number of nitrogens with one attached hydrogen (secondary N) is 1. The SMILES string of the molecule is CC(C)(C)OC(=O)N[C@H]1CSc2cc(Br)c(C(=O)O)cc2N(Cc2ccc(Cl)cc2)C1=O. The van der Waals surface area contributed by atoms with Gasteiger partial charge in [-0.3, -0.25) is 4.79 Å². The van der Waals surface area contributed by atoms with Gasteiger partial charge in [-0.2, -0.15) is 0 Å². The topological polar surface area (TPSA) is 95.9 Å². The largest absolute Gasteiger partial charge is 0.478 e. The first-order chi connectivity index (χ1) is 14.9. The van der Waals surface area contributed by atoms with E-state index in [9.17, 15) is 19.5 Å². The van der Waals surface area contributed by atoms with Crippen LogP contribution in [0.3, 0.4) is 0 Å². The summed E-state index contributed by atoms with van der Waals surface area (Å²) >= 11 is 10.6. The first kappa shape index (κ1) is 24.4. The van der Waals surface area contributed by atoms with E-state index in [2.05, 4.69) is 21.2 Å². The third-order valence-corrected chi connectivity index (χ3v) is 6.53. The first-order valence-corrected chi connectivity index (χ1v) is 11.9. The van der Waals surface area contributed by atoms with Crippen molar-refractivity contribution in [1.82, 2.24) is 5.32 Å². The molecule has 0 aromatic heterocycles. The Kier molecular flexibility index (Phi) is 7.42. The Balaban J connectivity index is 2.00. The summed E-state index contributed by atoms with van der Waals surface area (Å²) in [5, 5.41) is 12.8. The Morgan fingerprint density at radius 1 is 1.28 bits per heavy atom. The van der Waals surface area contributed by atoms with Gasteiger partial charge in [-0.05, 0) is 66.5 Å². The van der Waals surface area contributed by atoms with Gasteiger partial charge in [0.25, 0.3) is 5.91 Å². The van der Waals surface area contributed by atoms with Gasteiger partial charge in [-0.15, -0.1) is 11.8 Å². The van der Waals surface area contributed by atoms with Crippen molar-refractivity contribution in [2.75, 3.05) is 10.7 Å². The fourth-order valence-corrected chi connectivity index (χ4v) is 4.95. The van der Waals surface area contributed by atoms with Crippen LogP contribution in [0, 0.1) is 0 Å². The zero-order valence-corrected chi connectivity index (χ0v) is 20.8. The summed E-state index contributed by atoms with van der Waals surface area (Å²) in [6, 6.07) is 9.31. The number of aromatic carboxylic acids is 1. The number of thioether (sulfide) groups is 1. The monoisotopic (exact) mass is 540 g/mol. The fourth-order valence-electron chi connectivity index (χ4n) is 3.07. The number of hydrogen-bond acceptors (Lipinski definition) is 5. The molecule has 0 bridgehead atoms. The second kappa shape index (κ2) is 9.72. The van der Waals surface area contributed by atoms with Crippen LogP contribution in [0.15, 0.2) is 45.8 Å². The van der Waals surface area contributed by atoms with Crippen molar-refractivity contribution in [3.63, 3.8) is 0 Å². The van der Waals surface area contributed by atoms with E-state index in [1.165, 1.54) is 22.7 Å². The number of carbonyl (C=O) groups excluding carboxylic acids is 2. The number of halogens is 2. The third kappa shape index (κ3) is 5.96. The molecule has 32 heavy (non-hydrogen) atoms. The van der Waals surface area contributed by atoms with Gasteiger partial charge in [0.1, 0.15) is 11.6 Å². The lowest BCUT2D eigenvalue weighted by atomic mass is 10.1. The van der Waals surface area contributed by atoms with E-state index < -0.39 is 23.7 Å². The molecule has 2 aromatic carbocycles. The van der Waals surface area contributed by atoms with E-state index in [-0.39, 0.29) is 23.8 Å². The Morgan fingerprint density at radius 3 is 2.53 bits per heavy atom. The second-order valence-electron chi connectivity index (χ2n) is 8.17. The number of benzene rings is 2. The van der Waals surface area contributed by atoms with Crippen LogP contribution in [-0.2, 0) is 16.1 Å². The van der Waals surface area contributed by atoms with Crippen LogP contribution >= 0.6 is 39.3 Å². The lowest BCUT2D eigenvalue weighted by Gasteiger charge is -2.27. The average Bonchev–Trinajstić information content (AvgIpc) is 2.79. The highest BCUT2D eigenvalue weighted by molar-refractivity contribution is 9.10. The third-order valence-electron chi connectivity index (χ3n) is 4.48. The standard InChI is InChI=1S/C22H22BrClN2O5S/c1-22(2,3)31-21(30)25-16-11-32-18-9-15(23)14(20(28)29)8-17(18)26(19(16)27)10-12-4-6-13(24)7-5-12/h4-9,16H,10-11H2,1-3H3,(H,25,30)(H,28,29)/t16-/m0/s1. The maximum Gasteiger partial charge on any atom is 0.408 e. The van der Waals surface area contributed by atoms with E-state index in [4.69, 9.17) is 16.3 Å². The number of fused-ring (bicyclic) bond motifs is 1. The fraction of sp³-hybridized carbons (Fsp3) is 0.318. The molecule has 3 rings (SSSR count). The van der Waals surface area contributed by atoms with Gasteiger partial charge in [0.05, 0.1) is 17.8 Å². The predicted molar refractivity (Wildman–Crippen MR) is 128 cm³/mol. The number of rotatable bonds is 4. The molecule has 1 aliphatic rings. The lowest BCUT2D eigenvalue weighted by molar-refractivity contribution is -0.120. The number of alkyl carbamates (subject to hydrolysis) is 1. The highest BCUT2D eigenvalue weighted by atomic mass is 79.9. The number of hydrogen-bond donors (Lipinski definition) is 2. The molecule has 1 heterocycles. The van der Waals surface area contributed by atoms with Crippen LogP contribution in [0.4, 0.5) is 10.5 Å². The normalized spacial score (nSPS) is 16.2. The number of nitrogens with zero attached hydrogens (tertiary/aromatic N) is 1. The minimum Gasteiger partial charge on any atom is -0.478 e. The number of ether oxygens (including phenoxy) is 1. The molecule has 0 unspecified atom stereocenters. The maximum absolute atomic E-state index is 13.5. The van der Waals surface area contributed by atoms with Crippen LogP contribution in [-0.4, -0.2) is 40.5 Å². The van der Waals surface area contributed by atoms with Gasteiger partial charge in [0.15, 0.2) is 0 Å².